The summed E-state index contributed by atoms with van der Waals surface area (Å²) in [5, 5.41) is 8.49. The predicted molar refractivity (Wildman–Crippen MR) is 60.4 cm³/mol. The van der Waals surface area contributed by atoms with Crippen LogP contribution in [-0.4, -0.2) is 10.1 Å². The van der Waals surface area contributed by atoms with Crippen LogP contribution in [0.5, 0.6) is 0 Å². The first-order valence-electron chi connectivity index (χ1n) is 5.15. The molecule has 0 fully saturated rings. The highest BCUT2D eigenvalue weighted by Gasteiger charge is 2.28. The van der Waals surface area contributed by atoms with Gasteiger partial charge in [0, 0.05) is 6.20 Å². The molecule has 8 heteroatoms. The van der Waals surface area contributed by atoms with Crippen molar-refractivity contribution in [2.45, 2.75) is 6.61 Å². The molecule has 2 rings (SSSR count). The lowest BCUT2D eigenvalue weighted by molar-refractivity contribution is 0.281. The minimum atomic E-state index is -2.26. The van der Waals surface area contributed by atoms with Crippen LogP contribution in [0.1, 0.15) is 5.56 Å². The number of rotatable bonds is 2. The second-order valence-electron chi connectivity index (χ2n) is 3.78. The quantitative estimate of drug-likeness (QED) is 0.522. The molecular formula is C12H5ClF5NO. The highest BCUT2D eigenvalue weighted by molar-refractivity contribution is 6.33. The average Bonchev–Trinajstić information content (AvgIpc) is 2.44. The van der Waals surface area contributed by atoms with Crippen LogP contribution in [0.25, 0.3) is 11.3 Å². The smallest absolute Gasteiger partial charge is 0.200 e. The van der Waals surface area contributed by atoms with E-state index in [-0.39, 0.29) is 10.6 Å². The van der Waals surface area contributed by atoms with Crippen molar-refractivity contribution in [2.24, 2.45) is 0 Å². The number of hydrogen-bond acceptors (Lipinski definition) is 2. The highest BCUT2D eigenvalue weighted by Crippen LogP contribution is 2.34. The van der Waals surface area contributed by atoms with E-state index in [0.717, 1.165) is 12.3 Å². The van der Waals surface area contributed by atoms with Gasteiger partial charge in [-0.15, -0.1) is 0 Å². The van der Waals surface area contributed by atoms with Crippen LogP contribution in [0.15, 0.2) is 12.3 Å². The van der Waals surface area contributed by atoms with Crippen molar-refractivity contribution in [1.82, 2.24) is 4.98 Å². The van der Waals surface area contributed by atoms with E-state index in [4.69, 9.17) is 16.7 Å². The molecule has 2 nitrogen and oxygen atoms in total. The first-order valence-corrected chi connectivity index (χ1v) is 5.53. The maximum Gasteiger partial charge on any atom is 0.200 e. The summed E-state index contributed by atoms with van der Waals surface area (Å²) < 4.78 is 66.3. The zero-order chi connectivity index (χ0) is 15.0. The Kier molecular flexibility index (Phi) is 3.92. The molecule has 0 aliphatic carbocycles. The van der Waals surface area contributed by atoms with Crippen LogP contribution >= 0.6 is 11.6 Å². The number of pyridine rings is 1. The Balaban J connectivity index is 2.76. The Bertz CT molecular complexity index is 663. The molecule has 0 aliphatic rings. The van der Waals surface area contributed by atoms with E-state index in [9.17, 15) is 22.0 Å². The summed E-state index contributed by atoms with van der Waals surface area (Å²) >= 11 is 5.69. The van der Waals surface area contributed by atoms with Gasteiger partial charge < -0.3 is 5.11 Å². The number of halogens is 6. The lowest BCUT2D eigenvalue weighted by Crippen LogP contribution is -2.05. The Labute approximate surface area is 114 Å². The first kappa shape index (κ1) is 14.7. The van der Waals surface area contributed by atoms with Crippen molar-refractivity contribution in [3.8, 4) is 11.3 Å². The van der Waals surface area contributed by atoms with E-state index in [1.54, 1.807) is 0 Å². The molecule has 0 amide bonds. The van der Waals surface area contributed by atoms with Gasteiger partial charge in [-0.1, -0.05) is 11.6 Å². The molecule has 20 heavy (non-hydrogen) atoms. The minimum absolute atomic E-state index is 0.225. The van der Waals surface area contributed by atoms with Crippen LogP contribution < -0.4 is 0 Å². The summed E-state index contributed by atoms with van der Waals surface area (Å²) in [5.41, 5.74) is -1.59. The average molecular weight is 310 g/mol. The van der Waals surface area contributed by atoms with Gasteiger partial charge in [0.25, 0.3) is 0 Å². The number of hydrogen-bond donors (Lipinski definition) is 1. The lowest BCUT2D eigenvalue weighted by atomic mass is 10.1. The molecule has 0 radical (unpaired) electrons. The van der Waals surface area contributed by atoms with Gasteiger partial charge in [-0.05, 0) is 11.6 Å². The summed E-state index contributed by atoms with van der Waals surface area (Å²) in [6.07, 6.45) is 1.01. The number of aliphatic hydroxyl groups is 1. The Morgan fingerprint density at radius 2 is 1.45 bits per heavy atom. The SMILES string of the molecule is OCc1cnc(-c2c(F)c(F)c(F)c(F)c2F)c(Cl)c1. The van der Waals surface area contributed by atoms with Crippen molar-refractivity contribution in [3.63, 3.8) is 0 Å². The predicted octanol–water partition coefficient (Wildman–Crippen LogP) is 3.59. The molecule has 0 saturated heterocycles. The zero-order valence-corrected chi connectivity index (χ0v) is 10.3. The monoisotopic (exact) mass is 309 g/mol. The molecule has 0 aliphatic heterocycles. The van der Waals surface area contributed by atoms with Crippen LogP contribution in [0.3, 0.4) is 0 Å². The fourth-order valence-corrected chi connectivity index (χ4v) is 1.84. The van der Waals surface area contributed by atoms with Crippen molar-refractivity contribution in [1.29, 1.82) is 0 Å². The van der Waals surface area contributed by atoms with Crippen molar-refractivity contribution < 1.29 is 27.1 Å². The van der Waals surface area contributed by atoms with E-state index < -0.39 is 47.0 Å². The Morgan fingerprint density at radius 3 is 1.90 bits per heavy atom. The topological polar surface area (TPSA) is 33.1 Å². The third kappa shape index (κ3) is 2.23. The van der Waals surface area contributed by atoms with Gasteiger partial charge in [-0.3, -0.25) is 4.98 Å². The highest BCUT2D eigenvalue weighted by atomic mass is 35.5. The molecule has 1 N–H and O–H groups in total. The van der Waals surface area contributed by atoms with Crippen molar-refractivity contribution >= 4 is 11.6 Å². The second kappa shape index (κ2) is 5.34. The summed E-state index contributed by atoms with van der Waals surface area (Å²) in [6.45, 7) is -0.440. The molecule has 1 aromatic heterocycles. The summed E-state index contributed by atoms with van der Waals surface area (Å²) in [4.78, 5) is 3.53. The molecular weight excluding hydrogens is 305 g/mol. The molecule has 106 valence electrons. The minimum Gasteiger partial charge on any atom is -0.392 e. The molecule has 0 spiro atoms. The largest absolute Gasteiger partial charge is 0.392 e. The van der Waals surface area contributed by atoms with Crippen molar-refractivity contribution in [2.75, 3.05) is 0 Å². The van der Waals surface area contributed by atoms with E-state index in [0.29, 0.717) is 0 Å². The Hall–Kier alpha value is -1.73. The molecule has 1 heterocycles. The number of aliphatic hydroxyl groups excluding tert-OH is 1. The first-order chi connectivity index (χ1) is 9.38. The molecule has 0 unspecified atom stereocenters. The maximum absolute atomic E-state index is 13.6. The Morgan fingerprint density at radius 1 is 0.950 bits per heavy atom. The number of aromatic nitrogens is 1. The van der Waals surface area contributed by atoms with E-state index in [1.807, 2.05) is 0 Å². The van der Waals surface area contributed by atoms with Gasteiger partial charge in [0.05, 0.1) is 22.9 Å². The van der Waals surface area contributed by atoms with Gasteiger partial charge in [0.1, 0.15) is 0 Å². The third-order valence-corrected chi connectivity index (χ3v) is 2.82. The van der Waals surface area contributed by atoms with E-state index in [2.05, 4.69) is 4.98 Å². The van der Waals surface area contributed by atoms with Gasteiger partial charge in [0.15, 0.2) is 23.3 Å². The third-order valence-electron chi connectivity index (χ3n) is 2.53. The van der Waals surface area contributed by atoms with Crippen LogP contribution in [-0.2, 0) is 6.61 Å². The van der Waals surface area contributed by atoms with Gasteiger partial charge >= 0.3 is 0 Å². The van der Waals surface area contributed by atoms with Gasteiger partial charge in [0.2, 0.25) is 5.82 Å². The summed E-state index contributed by atoms with van der Waals surface area (Å²) in [7, 11) is 0. The lowest BCUT2D eigenvalue weighted by Gasteiger charge is -2.09. The summed E-state index contributed by atoms with van der Waals surface area (Å²) in [6, 6.07) is 1.11. The fraction of sp³-hybridized carbons (Fsp3) is 0.0833. The maximum atomic E-state index is 13.6. The normalized spacial score (nSPS) is 10.9. The second-order valence-corrected chi connectivity index (χ2v) is 4.18. The molecule has 0 saturated carbocycles. The zero-order valence-electron chi connectivity index (χ0n) is 9.52. The standard InChI is InChI=1S/C12H5ClF5NO/c13-5-1-4(3-20)2-19-12(5)6-7(14)9(16)11(18)10(17)8(6)15/h1-2,20H,3H2. The molecule has 0 atom stereocenters. The molecule has 1 aromatic carbocycles. The number of nitrogens with zero attached hydrogens (tertiary/aromatic N) is 1. The number of benzene rings is 1. The van der Waals surface area contributed by atoms with Gasteiger partial charge in [-0.25, -0.2) is 22.0 Å². The van der Waals surface area contributed by atoms with Gasteiger partial charge in [-0.2, -0.15) is 0 Å². The van der Waals surface area contributed by atoms with Crippen LogP contribution in [0.4, 0.5) is 22.0 Å². The molecule has 0 bridgehead atoms. The van der Waals surface area contributed by atoms with Crippen LogP contribution in [0, 0.1) is 29.1 Å². The van der Waals surface area contributed by atoms with Crippen LogP contribution in [0.2, 0.25) is 5.02 Å². The van der Waals surface area contributed by atoms with E-state index in [1.165, 1.54) is 0 Å². The van der Waals surface area contributed by atoms with E-state index >= 15 is 0 Å². The molecule has 2 aromatic rings. The van der Waals surface area contributed by atoms with Crippen molar-refractivity contribution in [3.05, 3.63) is 51.9 Å². The fourth-order valence-electron chi connectivity index (χ4n) is 1.56. The summed E-state index contributed by atoms with van der Waals surface area (Å²) in [5.74, 6) is -10.5.